The average molecular weight is 389 g/mol. The molecule has 2 aromatic carbocycles. The van der Waals surface area contributed by atoms with E-state index in [1.165, 1.54) is 80.2 Å². The summed E-state index contributed by atoms with van der Waals surface area (Å²) in [6.45, 7) is 5.35. The number of aromatic amines is 1. The van der Waals surface area contributed by atoms with Gasteiger partial charge in [-0.05, 0) is 74.5 Å². The predicted molar refractivity (Wildman–Crippen MR) is 119 cm³/mol. The molecular formula is C26H32N2O. The zero-order chi connectivity index (χ0) is 19.5. The number of piperidine rings is 1. The van der Waals surface area contributed by atoms with Crippen molar-refractivity contribution in [3.8, 4) is 0 Å². The molecule has 0 amide bonds. The van der Waals surface area contributed by atoms with Gasteiger partial charge in [-0.2, -0.15) is 0 Å². The Bertz CT molecular complexity index is 952. The van der Waals surface area contributed by atoms with Crippen molar-refractivity contribution < 1.29 is 4.74 Å². The van der Waals surface area contributed by atoms with Crippen LogP contribution in [-0.2, 0) is 23.2 Å². The Hall–Kier alpha value is -2.10. The molecule has 3 heterocycles. The summed E-state index contributed by atoms with van der Waals surface area (Å²) >= 11 is 0. The third-order valence-electron chi connectivity index (χ3n) is 7.13. The maximum absolute atomic E-state index is 5.98. The minimum Gasteiger partial charge on any atom is -0.376 e. The molecule has 2 aliphatic heterocycles. The number of aromatic nitrogens is 1. The van der Waals surface area contributed by atoms with Crippen LogP contribution in [0.1, 0.15) is 48.8 Å². The highest BCUT2D eigenvalue weighted by molar-refractivity contribution is 5.82. The van der Waals surface area contributed by atoms with Gasteiger partial charge in [0.15, 0.2) is 0 Å². The molecule has 0 saturated carbocycles. The van der Waals surface area contributed by atoms with Crippen LogP contribution in [0.5, 0.6) is 0 Å². The molecule has 152 valence electrons. The topological polar surface area (TPSA) is 28.3 Å². The fourth-order valence-electron chi connectivity index (χ4n) is 5.38. The molecule has 1 N–H and O–H groups in total. The van der Waals surface area contributed by atoms with E-state index in [1.54, 1.807) is 5.56 Å². The Morgan fingerprint density at radius 2 is 1.76 bits per heavy atom. The number of nitrogens with one attached hydrogen (secondary N) is 1. The lowest BCUT2D eigenvalue weighted by molar-refractivity contribution is 0.0185. The average Bonchev–Trinajstić information content (AvgIpc) is 3.18. The van der Waals surface area contributed by atoms with Gasteiger partial charge in [-0.25, -0.2) is 0 Å². The number of benzene rings is 2. The van der Waals surface area contributed by atoms with Gasteiger partial charge in [-0.15, -0.1) is 0 Å². The molecule has 1 saturated heterocycles. The van der Waals surface area contributed by atoms with E-state index < -0.39 is 0 Å². The second-order valence-corrected chi connectivity index (χ2v) is 8.94. The molecular weight excluding hydrogens is 356 g/mol. The Balaban J connectivity index is 1.08. The highest BCUT2D eigenvalue weighted by Gasteiger charge is 2.39. The van der Waals surface area contributed by atoms with Crippen molar-refractivity contribution in [2.45, 2.75) is 50.5 Å². The van der Waals surface area contributed by atoms with Crippen LogP contribution in [-0.4, -0.2) is 36.1 Å². The van der Waals surface area contributed by atoms with E-state index in [1.807, 2.05) is 0 Å². The summed E-state index contributed by atoms with van der Waals surface area (Å²) in [5.74, 6) is 0. The molecule has 1 aromatic heterocycles. The lowest BCUT2D eigenvalue weighted by Crippen LogP contribution is -2.47. The quantitative estimate of drug-likeness (QED) is 0.569. The maximum atomic E-state index is 5.98. The lowest BCUT2D eigenvalue weighted by atomic mass is 9.70. The van der Waals surface area contributed by atoms with Gasteiger partial charge >= 0.3 is 0 Å². The number of para-hydroxylation sites is 1. The van der Waals surface area contributed by atoms with Crippen molar-refractivity contribution >= 4 is 10.9 Å². The molecule has 3 heteroatoms. The van der Waals surface area contributed by atoms with Gasteiger partial charge in [0.25, 0.3) is 0 Å². The minimum absolute atomic E-state index is 0.265. The summed E-state index contributed by atoms with van der Waals surface area (Å²) in [7, 11) is 0. The van der Waals surface area contributed by atoms with E-state index in [0.717, 1.165) is 13.2 Å². The van der Waals surface area contributed by atoms with Crippen molar-refractivity contribution in [1.82, 2.24) is 9.88 Å². The summed E-state index contributed by atoms with van der Waals surface area (Å²) in [5.41, 5.74) is 5.96. The van der Waals surface area contributed by atoms with Crippen molar-refractivity contribution in [3.05, 3.63) is 71.4 Å². The molecule has 1 fully saturated rings. The van der Waals surface area contributed by atoms with Crippen LogP contribution < -0.4 is 0 Å². The number of likely N-dealkylation sites (tertiary alicyclic amines) is 1. The van der Waals surface area contributed by atoms with Crippen LogP contribution >= 0.6 is 0 Å². The minimum atomic E-state index is 0.265. The van der Waals surface area contributed by atoms with E-state index >= 15 is 0 Å². The number of nitrogens with zero attached hydrogens (tertiary/aromatic N) is 1. The van der Waals surface area contributed by atoms with Crippen LogP contribution in [0.3, 0.4) is 0 Å². The van der Waals surface area contributed by atoms with Crippen molar-refractivity contribution in [1.29, 1.82) is 0 Å². The Kier molecular flexibility index (Phi) is 5.43. The largest absolute Gasteiger partial charge is 0.376 e. The summed E-state index contributed by atoms with van der Waals surface area (Å²) in [4.78, 5) is 6.07. The Morgan fingerprint density at radius 3 is 2.69 bits per heavy atom. The molecule has 0 unspecified atom stereocenters. The van der Waals surface area contributed by atoms with E-state index in [2.05, 4.69) is 64.6 Å². The molecule has 0 radical (unpaired) electrons. The highest BCUT2D eigenvalue weighted by atomic mass is 16.5. The number of hydrogen-bond acceptors (Lipinski definition) is 2. The summed E-state index contributed by atoms with van der Waals surface area (Å²) in [5, 5.41) is 1.39. The van der Waals surface area contributed by atoms with Crippen LogP contribution in [0.25, 0.3) is 10.9 Å². The molecule has 0 aliphatic carbocycles. The Morgan fingerprint density at radius 1 is 0.931 bits per heavy atom. The molecule has 3 aromatic rings. The van der Waals surface area contributed by atoms with Crippen molar-refractivity contribution in [2.75, 3.05) is 26.2 Å². The normalized spacial score (nSPS) is 18.9. The number of hydrogen-bond donors (Lipinski definition) is 1. The molecule has 3 nitrogen and oxygen atoms in total. The highest BCUT2D eigenvalue weighted by Crippen LogP contribution is 2.40. The van der Waals surface area contributed by atoms with E-state index in [4.69, 9.17) is 4.74 Å². The van der Waals surface area contributed by atoms with Gasteiger partial charge < -0.3 is 14.6 Å². The van der Waals surface area contributed by atoms with Gasteiger partial charge in [0, 0.05) is 22.5 Å². The van der Waals surface area contributed by atoms with Crippen molar-refractivity contribution in [2.24, 2.45) is 0 Å². The SMILES string of the molecule is c1ccc2c(c1)COCC21CCN(CCCCCc2c[nH]c3ccccc23)CC1. The summed E-state index contributed by atoms with van der Waals surface area (Å²) in [6.07, 6.45) is 9.75. The zero-order valence-electron chi connectivity index (χ0n) is 17.3. The van der Waals surface area contributed by atoms with Crippen LogP contribution in [0, 0.1) is 0 Å². The monoisotopic (exact) mass is 388 g/mol. The third kappa shape index (κ3) is 3.86. The number of aryl methyl sites for hydroxylation is 1. The van der Waals surface area contributed by atoms with Gasteiger partial charge in [-0.1, -0.05) is 48.9 Å². The third-order valence-corrected chi connectivity index (χ3v) is 7.13. The molecule has 29 heavy (non-hydrogen) atoms. The first kappa shape index (κ1) is 18.9. The van der Waals surface area contributed by atoms with Gasteiger partial charge in [0.1, 0.15) is 0 Å². The molecule has 5 rings (SSSR count). The first-order valence-electron chi connectivity index (χ1n) is 11.3. The fourth-order valence-corrected chi connectivity index (χ4v) is 5.38. The van der Waals surface area contributed by atoms with Gasteiger partial charge in [-0.3, -0.25) is 0 Å². The number of rotatable bonds is 6. The fraction of sp³-hybridized carbons (Fsp3) is 0.462. The van der Waals surface area contributed by atoms with Crippen LogP contribution in [0.15, 0.2) is 54.7 Å². The second kappa shape index (κ2) is 8.33. The summed E-state index contributed by atoms with van der Waals surface area (Å²) < 4.78 is 5.98. The lowest BCUT2D eigenvalue weighted by Gasteiger charge is -2.45. The first-order chi connectivity index (χ1) is 14.3. The number of unbranched alkanes of at least 4 members (excludes halogenated alkanes) is 2. The zero-order valence-corrected chi connectivity index (χ0v) is 17.3. The van der Waals surface area contributed by atoms with Crippen molar-refractivity contribution in [3.63, 3.8) is 0 Å². The number of H-pyrrole nitrogens is 1. The van der Waals surface area contributed by atoms with Gasteiger partial charge in [0.05, 0.1) is 13.2 Å². The smallest absolute Gasteiger partial charge is 0.0720 e. The molecule has 1 spiro atoms. The molecule has 2 aliphatic rings. The van der Waals surface area contributed by atoms with Crippen LogP contribution in [0.2, 0.25) is 0 Å². The summed E-state index contributed by atoms with van der Waals surface area (Å²) in [6, 6.07) is 17.6. The van der Waals surface area contributed by atoms with Crippen LogP contribution in [0.4, 0.5) is 0 Å². The maximum Gasteiger partial charge on any atom is 0.0720 e. The number of fused-ring (bicyclic) bond motifs is 3. The number of ether oxygens (including phenoxy) is 1. The molecule has 0 atom stereocenters. The predicted octanol–water partition coefficient (Wildman–Crippen LogP) is 5.44. The van der Waals surface area contributed by atoms with Gasteiger partial charge in [0.2, 0.25) is 0 Å². The second-order valence-electron chi connectivity index (χ2n) is 8.94. The van der Waals surface area contributed by atoms with E-state index in [0.29, 0.717) is 0 Å². The molecule has 0 bridgehead atoms. The van der Waals surface area contributed by atoms with E-state index in [9.17, 15) is 0 Å². The van der Waals surface area contributed by atoms with E-state index in [-0.39, 0.29) is 5.41 Å². The first-order valence-corrected chi connectivity index (χ1v) is 11.3. The standard InChI is InChI=1S/C26H32N2O/c1(2-8-21-18-27-25-12-6-4-10-23(21)25)7-15-28-16-13-26(14-17-28)20-29-19-22-9-3-5-11-24(22)26/h3-6,9-12,18,27H,1-2,7-8,13-17,19-20H2. The Labute approximate surface area is 174 Å².